The van der Waals surface area contributed by atoms with Gasteiger partial charge in [0.2, 0.25) is 0 Å². The molecule has 2 rings (SSSR count). The fraction of sp³-hybridized carbons (Fsp3) is 0.133. The largest absolute Gasteiger partial charge is 0.504 e. The first kappa shape index (κ1) is 13.0. The molecule has 0 aromatic heterocycles. The van der Waals surface area contributed by atoms with E-state index in [4.69, 9.17) is 5.11 Å². The molecule has 0 aliphatic carbocycles. The second kappa shape index (κ2) is 5.44. The summed E-state index contributed by atoms with van der Waals surface area (Å²) >= 11 is 0. The zero-order valence-corrected chi connectivity index (χ0v) is 10.2. The number of phenolic OH excluding ortho intramolecular Hbond substituents is 1. The molecule has 0 radical (unpaired) electrons. The van der Waals surface area contributed by atoms with Gasteiger partial charge < -0.3 is 15.3 Å². The Morgan fingerprint density at radius 3 is 2.26 bits per heavy atom. The van der Waals surface area contributed by atoms with Gasteiger partial charge in [-0.25, -0.2) is 4.79 Å². The zero-order chi connectivity index (χ0) is 13.8. The Morgan fingerprint density at radius 1 is 0.947 bits per heavy atom. The number of carboxylic acid groups (broad SMARTS) is 1. The van der Waals surface area contributed by atoms with Gasteiger partial charge in [-0.3, -0.25) is 0 Å². The van der Waals surface area contributed by atoms with Crippen LogP contribution < -0.4 is 0 Å². The zero-order valence-electron chi connectivity index (χ0n) is 10.2. The molecule has 19 heavy (non-hydrogen) atoms. The van der Waals surface area contributed by atoms with Crippen LogP contribution in [0.2, 0.25) is 0 Å². The highest BCUT2D eigenvalue weighted by Gasteiger charge is 2.18. The van der Waals surface area contributed by atoms with Gasteiger partial charge in [0.15, 0.2) is 11.5 Å². The van der Waals surface area contributed by atoms with E-state index in [0.717, 1.165) is 5.56 Å². The maximum Gasteiger partial charge on any atom is 0.339 e. The van der Waals surface area contributed by atoms with Crippen LogP contribution >= 0.6 is 0 Å². The average molecular weight is 258 g/mol. The summed E-state index contributed by atoms with van der Waals surface area (Å²) in [6.07, 6.45) is 1.16. The minimum atomic E-state index is -1.24. The summed E-state index contributed by atoms with van der Waals surface area (Å²) in [7, 11) is 0. The standard InChI is InChI=1S/C15H14O4/c16-12-9-8-11(13(14(12)17)15(18)19)7-6-10-4-2-1-3-5-10/h1-5,8-9,16-17H,6-7H2,(H,18,19). The molecule has 0 unspecified atom stereocenters. The van der Waals surface area contributed by atoms with Gasteiger partial charge in [0, 0.05) is 0 Å². The van der Waals surface area contributed by atoms with Crippen molar-refractivity contribution in [2.75, 3.05) is 0 Å². The summed E-state index contributed by atoms with van der Waals surface area (Å²) < 4.78 is 0. The molecule has 3 N–H and O–H groups in total. The van der Waals surface area contributed by atoms with Crippen LogP contribution in [0, 0.1) is 0 Å². The molecule has 0 aliphatic rings. The van der Waals surface area contributed by atoms with Crippen molar-refractivity contribution in [1.82, 2.24) is 0 Å². The van der Waals surface area contributed by atoms with E-state index in [1.807, 2.05) is 30.3 Å². The SMILES string of the molecule is O=C(O)c1c(CCc2ccccc2)ccc(O)c1O. The lowest BCUT2D eigenvalue weighted by Crippen LogP contribution is -2.04. The van der Waals surface area contributed by atoms with Gasteiger partial charge >= 0.3 is 5.97 Å². The average Bonchev–Trinajstić information content (AvgIpc) is 2.41. The van der Waals surface area contributed by atoms with Crippen LogP contribution in [0.4, 0.5) is 0 Å². The van der Waals surface area contributed by atoms with Crippen LogP contribution in [-0.4, -0.2) is 21.3 Å². The van der Waals surface area contributed by atoms with Crippen molar-refractivity contribution >= 4 is 5.97 Å². The number of benzene rings is 2. The van der Waals surface area contributed by atoms with Crippen LogP contribution in [0.3, 0.4) is 0 Å². The number of aryl methyl sites for hydroxylation is 2. The van der Waals surface area contributed by atoms with Crippen LogP contribution in [0.25, 0.3) is 0 Å². The van der Waals surface area contributed by atoms with Crippen molar-refractivity contribution in [1.29, 1.82) is 0 Å². The summed E-state index contributed by atoms with van der Waals surface area (Å²) in [5, 5.41) is 28.1. The molecule has 0 atom stereocenters. The lowest BCUT2D eigenvalue weighted by molar-refractivity contribution is 0.0691. The van der Waals surface area contributed by atoms with Gasteiger partial charge in [0.05, 0.1) is 0 Å². The molecule has 4 heteroatoms. The number of carbonyl (C=O) groups is 1. The van der Waals surface area contributed by atoms with E-state index in [1.165, 1.54) is 12.1 Å². The highest BCUT2D eigenvalue weighted by Crippen LogP contribution is 2.31. The molecule has 0 spiro atoms. The first-order valence-electron chi connectivity index (χ1n) is 5.90. The van der Waals surface area contributed by atoms with Crippen LogP contribution in [0.15, 0.2) is 42.5 Å². The Kier molecular flexibility index (Phi) is 3.71. The monoisotopic (exact) mass is 258 g/mol. The quantitative estimate of drug-likeness (QED) is 0.736. The number of carboxylic acids is 1. The Bertz CT molecular complexity index is 591. The third kappa shape index (κ3) is 2.85. The second-order valence-corrected chi connectivity index (χ2v) is 4.26. The van der Waals surface area contributed by atoms with Crippen molar-refractivity contribution in [3.8, 4) is 11.5 Å². The molecule has 98 valence electrons. The molecule has 0 aliphatic heterocycles. The van der Waals surface area contributed by atoms with Crippen molar-refractivity contribution < 1.29 is 20.1 Å². The smallest absolute Gasteiger partial charge is 0.339 e. The Morgan fingerprint density at radius 2 is 1.63 bits per heavy atom. The van der Waals surface area contributed by atoms with Gasteiger partial charge in [0.1, 0.15) is 5.56 Å². The summed E-state index contributed by atoms with van der Waals surface area (Å²) in [5.74, 6) is -2.23. The molecule has 0 fully saturated rings. The van der Waals surface area contributed by atoms with E-state index in [0.29, 0.717) is 18.4 Å². The minimum absolute atomic E-state index is 0.226. The number of aromatic carboxylic acids is 1. The van der Waals surface area contributed by atoms with Crippen molar-refractivity contribution in [3.63, 3.8) is 0 Å². The Hall–Kier alpha value is -2.49. The summed E-state index contributed by atoms with van der Waals surface area (Å²) in [4.78, 5) is 11.1. The number of phenols is 2. The predicted octanol–water partition coefficient (Wildman–Crippen LogP) is 2.58. The van der Waals surface area contributed by atoms with Gasteiger partial charge in [-0.2, -0.15) is 0 Å². The minimum Gasteiger partial charge on any atom is -0.504 e. The highest BCUT2D eigenvalue weighted by atomic mass is 16.4. The molecule has 2 aromatic rings. The Balaban J connectivity index is 2.26. The summed E-state index contributed by atoms with van der Waals surface area (Å²) in [6.45, 7) is 0. The third-order valence-electron chi connectivity index (χ3n) is 2.98. The normalized spacial score (nSPS) is 10.3. The van der Waals surface area contributed by atoms with Crippen molar-refractivity contribution in [2.45, 2.75) is 12.8 Å². The molecule has 0 heterocycles. The molecule has 0 saturated heterocycles. The molecular weight excluding hydrogens is 244 g/mol. The summed E-state index contributed by atoms with van der Waals surface area (Å²) in [5.41, 5.74) is 1.37. The topological polar surface area (TPSA) is 77.8 Å². The number of rotatable bonds is 4. The second-order valence-electron chi connectivity index (χ2n) is 4.26. The predicted molar refractivity (Wildman–Crippen MR) is 70.6 cm³/mol. The van der Waals surface area contributed by atoms with E-state index in [1.54, 1.807) is 0 Å². The fourth-order valence-electron chi connectivity index (χ4n) is 1.99. The van der Waals surface area contributed by atoms with Gasteiger partial charge in [0.25, 0.3) is 0 Å². The van der Waals surface area contributed by atoms with E-state index in [-0.39, 0.29) is 5.56 Å². The number of aromatic hydroxyl groups is 2. The maximum absolute atomic E-state index is 11.1. The number of hydrogen-bond donors (Lipinski definition) is 3. The molecule has 0 amide bonds. The van der Waals surface area contributed by atoms with E-state index in [9.17, 15) is 15.0 Å². The highest BCUT2D eigenvalue weighted by molar-refractivity contribution is 5.93. The molecule has 4 nitrogen and oxygen atoms in total. The molecule has 0 saturated carbocycles. The Labute approximate surface area is 110 Å². The van der Waals surface area contributed by atoms with Gasteiger partial charge in [-0.1, -0.05) is 36.4 Å². The third-order valence-corrected chi connectivity index (χ3v) is 2.98. The first-order chi connectivity index (χ1) is 9.09. The van der Waals surface area contributed by atoms with Crippen molar-refractivity contribution in [2.24, 2.45) is 0 Å². The molecular formula is C15H14O4. The molecule has 0 bridgehead atoms. The van der Waals surface area contributed by atoms with Crippen molar-refractivity contribution in [3.05, 3.63) is 59.2 Å². The van der Waals surface area contributed by atoms with Crippen LogP contribution in [0.1, 0.15) is 21.5 Å². The molecule has 2 aromatic carbocycles. The van der Waals surface area contributed by atoms with Crippen LogP contribution in [-0.2, 0) is 12.8 Å². The first-order valence-corrected chi connectivity index (χ1v) is 5.90. The maximum atomic E-state index is 11.1. The number of hydrogen-bond acceptors (Lipinski definition) is 3. The fourth-order valence-corrected chi connectivity index (χ4v) is 1.99. The van der Waals surface area contributed by atoms with E-state index in [2.05, 4.69) is 0 Å². The summed E-state index contributed by atoms with van der Waals surface area (Å²) in [6, 6.07) is 12.5. The lowest BCUT2D eigenvalue weighted by atomic mass is 9.98. The van der Waals surface area contributed by atoms with Crippen LogP contribution in [0.5, 0.6) is 11.5 Å². The van der Waals surface area contributed by atoms with Gasteiger partial charge in [-0.05, 0) is 30.0 Å². The van der Waals surface area contributed by atoms with E-state index < -0.39 is 17.5 Å². The van der Waals surface area contributed by atoms with E-state index >= 15 is 0 Å². The lowest BCUT2D eigenvalue weighted by Gasteiger charge is -2.09. The van der Waals surface area contributed by atoms with Gasteiger partial charge in [-0.15, -0.1) is 0 Å².